The van der Waals surface area contributed by atoms with E-state index in [1.54, 1.807) is 18.2 Å². The SMILES string of the molecule is C[C@H](NC(=O)c1ccc2c(c1)CCN2S(C)(=O)=O)c1ccc2c(c1)OCO2. The number of nitrogens with zero attached hydrogens (tertiary/aromatic N) is 1. The molecule has 1 N–H and O–H groups in total. The van der Waals surface area contributed by atoms with E-state index in [9.17, 15) is 13.2 Å². The summed E-state index contributed by atoms with van der Waals surface area (Å²) >= 11 is 0. The minimum atomic E-state index is -3.30. The maximum atomic E-state index is 12.6. The lowest BCUT2D eigenvalue weighted by Gasteiger charge is -2.17. The fraction of sp³-hybridized carbons (Fsp3) is 0.316. The second kappa shape index (κ2) is 6.45. The van der Waals surface area contributed by atoms with Crippen LogP contribution in [-0.4, -0.2) is 33.9 Å². The Morgan fingerprint density at radius 2 is 1.93 bits per heavy atom. The summed E-state index contributed by atoms with van der Waals surface area (Å²) in [5.41, 5.74) is 2.94. The third kappa shape index (κ3) is 3.32. The minimum Gasteiger partial charge on any atom is -0.454 e. The molecule has 0 unspecified atom stereocenters. The Morgan fingerprint density at radius 3 is 2.70 bits per heavy atom. The molecule has 4 rings (SSSR count). The molecular weight excluding hydrogens is 368 g/mol. The van der Waals surface area contributed by atoms with Crippen LogP contribution in [0.5, 0.6) is 11.5 Å². The van der Waals surface area contributed by atoms with Gasteiger partial charge in [0, 0.05) is 12.1 Å². The molecule has 1 atom stereocenters. The van der Waals surface area contributed by atoms with Gasteiger partial charge in [-0.25, -0.2) is 8.42 Å². The number of amides is 1. The summed E-state index contributed by atoms with van der Waals surface area (Å²) in [7, 11) is -3.30. The molecule has 0 bridgehead atoms. The van der Waals surface area contributed by atoms with Crippen LogP contribution in [0.2, 0.25) is 0 Å². The number of hydrogen-bond donors (Lipinski definition) is 1. The lowest BCUT2D eigenvalue weighted by molar-refractivity contribution is 0.0939. The number of carbonyl (C=O) groups is 1. The molecule has 0 aromatic heterocycles. The molecule has 8 heteroatoms. The fourth-order valence-electron chi connectivity index (χ4n) is 3.40. The van der Waals surface area contributed by atoms with Crippen LogP contribution in [-0.2, 0) is 16.4 Å². The van der Waals surface area contributed by atoms with Gasteiger partial charge in [-0.05, 0) is 54.8 Å². The first-order valence-corrected chi connectivity index (χ1v) is 10.5. The Kier molecular flexibility index (Phi) is 4.22. The van der Waals surface area contributed by atoms with E-state index in [1.807, 2.05) is 25.1 Å². The van der Waals surface area contributed by atoms with Crippen LogP contribution in [0, 0.1) is 0 Å². The molecule has 0 fully saturated rings. The first-order valence-electron chi connectivity index (χ1n) is 8.64. The van der Waals surface area contributed by atoms with Gasteiger partial charge in [0.1, 0.15) is 0 Å². The summed E-state index contributed by atoms with van der Waals surface area (Å²) in [6.45, 7) is 2.51. The third-order valence-corrected chi connectivity index (χ3v) is 6.02. The van der Waals surface area contributed by atoms with E-state index in [1.165, 1.54) is 10.6 Å². The van der Waals surface area contributed by atoms with Gasteiger partial charge in [-0.1, -0.05) is 6.07 Å². The van der Waals surface area contributed by atoms with Crippen molar-refractivity contribution in [3.63, 3.8) is 0 Å². The van der Waals surface area contributed by atoms with Gasteiger partial charge in [-0.15, -0.1) is 0 Å². The number of rotatable bonds is 4. The molecule has 2 aromatic rings. The molecule has 27 heavy (non-hydrogen) atoms. The molecule has 142 valence electrons. The highest BCUT2D eigenvalue weighted by Gasteiger charge is 2.27. The van der Waals surface area contributed by atoms with Crippen LogP contribution in [0.15, 0.2) is 36.4 Å². The van der Waals surface area contributed by atoms with Crippen LogP contribution < -0.4 is 19.1 Å². The van der Waals surface area contributed by atoms with E-state index in [4.69, 9.17) is 9.47 Å². The Bertz CT molecular complexity index is 1020. The zero-order valence-electron chi connectivity index (χ0n) is 15.1. The number of anilines is 1. The van der Waals surface area contributed by atoms with Crippen molar-refractivity contribution < 1.29 is 22.7 Å². The van der Waals surface area contributed by atoms with Crippen molar-refractivity contribution in [3.8, 4) is 11.5 Å². The van der Waals surface area contributed by atoms with E-state index >= 15 is 0 Å². The van der Waals surface area contributed by atoms with E-state index in [0.717, 1.165) is 11.1 Å². The lowest BCUT2D eigenvalue weighted by atomic mass is 10.1. The number of ether oxygens (including phenoxy) is 2. The number of carbonyl (C=O) groups excluding carboxylic acids is 1. The Hall–Kier alpha value is -2.74. The maximum Gasteiger partial charge on any atom is 0.251 e. The maximum absolute atomic E-state index is 12.6. The van der Waals surface area contributed by atoms with E-state index in [-0.39, 0.29) is 18.7 Å². The summed E-state index contributed by atoms with van der Waals surface area (Å²) in [6.07, 6.45) is 1.79. The highest BCUT2D eigenvalue weighted by atomic mass is 32.2. The molecule has 1 amide bonds. The fourth-order valence-corrected chi connectivity index (χ4v) is 4.36. The predicted octanol–water partition coefficient (Wildman–Crippen LogP) is 2.23. The van der Waals surface area contributed by atoms with Crippen LogP contribution in [0.25, 0.3) is 0 Å². The van der Waals surface area contributed by atoms with Gasteiger partial charge in [0.05, 0.1) is 18.0 Å². The molecule has 2 aliphatic heterocycles. The summed E-state index contributed by atoms with van der Waals surface area (Å²) < 4.78 is 35.7. The average molecular weight is 388 g/mol. The van der Waals surface area contributed by atoms with Crippen molar-refractivity contribution in [1.82, 2.24) is 5.32 Å². The second-order valence-electron chi connectivity index (χ2n) is 6.74. The number of sulfonamides is 1. The molecule has 0 radical (unpaired) electrons. The molecule has 0 saturated carbocycles. The molecule has 2 heterocycles. The average Bonchev–Trinajstić information content (AvgIpc) is 3.26. The quantitative estimate of drug-likeness (QED) is 0.868. The Balaban J connectivity index is 1.50. The van der Waals surface area contributed by atoms with Crippen LogP contribution >= 0.6 is 0 Å². The normalized spacial score (nSPS) is 16.1. The van der Waals surface area contributed by atoms with Gasteiger partial charge in [-0.2, -0.15) is 0 Å². The molecule has 0 aliphatic carbocycles. The molecule has 0 saturated heterocycles. The number of fused-ring (bicyclic) bond motifs is 2. The Labute approximate surface area is 157 Å². The van der Waals surface area contributed by atoms with Gasteiger partial charge in [-0.3, -0.25) is 9.10 Å². The molecule has 2 aromatic carbocycles. The van der Waals surface area contributed by atoms with Crippen molar-refractivity contribution in [1.29, 1.82) is 0 Å². The monoisotopic (exact) mass is 388 g/mol. The van der Waals surface area contributed by atoms with Gasteiger partial charge in [0.25, 0.3) is 5.91 Å². The van der Waals surface area contributed by atoms with Crippen molar-refractivity contribution in [3.05, 3.63) is 53.1 Å². The van der Waals surface area contributed by atoms with Crippen LogP contribution in [0.1, 0.15) is 34.5 Å². The summed E-state index contributed by atoms with van der Waals surface area (Å²) in [5, 5.41) is 2.97. The summed E-state index contributed by atoms with van der Waals surface area (Å²) in [4.78, 5) is 12.6. The second-order valence-corrected chi connectivity index (χ2v) is 8.64. The molecule has 2 aliphatic rings. The van der Waals surface area contributed by atoms with Crippen molar-refractivity contribution >= 4 is 21.6 Å². The Morgan fingerprint density at radius 1 is 1.15 bits per heavy atom. The topological polar surface area (TPSA) is 84.9 Å². The minimum absolute atomic E-state index is 0.207. The highest BCUT2D eigenvalue weighted by Crippen LogP contribution is 2.34. The largest absolute Gasteiger partial charge is 0.454 e. The zero-order chi connectivity index (χ0) is 19.2. The molecule has 7 nitrogen and oxygen atoms in total. The highest BCUT2D eigenvalue weighted by molar-refractivity contribution is 7.92. The number of benzene rings is 2. The third-order valence-electron chi connectivity index (χ3n) is 4.84. The first-order chi connectivity index (χ1) is 12.8. The van der Waals surface area contributed by atoms with Crippen molar-refractivity contribution in [2.24, 2.45) is 0 Å². The number of hydrogen-bond acceptors (Lipinski definition) is 5. The number of nitrogens with one attached hydrogen (secondary N) is 1. The van der Waals surface area contributed by atoms with E-state index in [0.29, 0.717) is 35.7 Å². The van der Waals surface area contributed by atoms with E-state index in [2.05, 4.69) is 5.32 Å². The summed E-state index contributed by atoms with van der Waals surface area (Å²) in [6, 6.07) is 10.5. The molecular formula is C19H20N2O5S. The van der Waals surface area contributed by atoms with Gasteiger partial charge in [0.15, 0.2) is 11.5 Å². The van der Waals surface area contributed by atoms with E-state index < -0.39 is 10.0 Å². The molecule has 0 spiro atoms. The predicted molar refractivity (Wildman–Crippen MR) is 101 cm³/mol. The zero-order valence-corrected chi connectivity index (χ0v) is 15.9. The smallest absolute Gasteiger partial charge is 0.251 e. The van der Waals surface area contributed by atoms with Crippen molar-refractivity contribution in [2.45, 2.75) is 19.4 Å². The van der Waals surface area contributed by atoms with Gasteiger partial charge < -0.3 is 14.8 Å². The van der Waals surface area contributed by atoms with Gasteiger partial charge in [0.2, 0.25) is 16.8 Å². The summed E-state index contributed by atoms with van der Waals surface area (Å²) in [5.74, 6) is 1.17. The lowest BCUT2D eigenvalue weighted by Crippen LogP contribution is -2.28. The van der Waals surface area contributed by atoms with Gasteiger partial charge >= 0.3 is 0 Å². The van der Waals surface area contributed by atoms with Crippen LogP contribution in [0.3, 0.4) is 0 Å². The standard InChI is InChI=1S/C19H20N2O5S/c1-12(13-4-6-17-18(10-13)26-11-25-17)20-19(22)15-3-5-16-14(9-15)7-8-21(16)27(2,23)24/h3-6,9-10,12H,7-8,11H2,1-2H3,(H,20,22)/t12-/m0/s1. The van der Waals surface area contributed by atoms with Crippen LogP contribution in [0.4, 0.5) is 5.69 Å². The van der Waals surface area contributed by atoms with Crippen molar-refractivity contribution in [2.75, 3.05) is 23.9 Å². The first kappa shape index (κ1) is 17.7.